The van der Waals surface area contributed by atoms with Crippen LogP contribution >= 0.6 is 27.3 Å². The van der Waals surface area contributed by atoms with Gasteiger partial charge in [-0.15, -0.1) is 11.3 Å². The van der Waals surface area contributed by atoms with Crippen LogP contribution < -0.4 is 10.9 Å². The van der Waals surface area contributed by atoms with Crippen molar-refractivity contribution in [2.24, 2.45) is 0 Å². The molecule has 1 N–H and O–H groups in total. The molecule has 2 aromatic heterocycles. The molecule has 0 fully saturated rings. The van der Waals surface area contributed by atoms with Gasteiger partial charge >= 0.3 is 0 Å². The number of aromatic nitrogens is 2. The molecule has 0 aliphatic rings. The average molecular weight is 454 g/mol. The minimum atomic E-state index is -0.276. The predicted molar refractivity (Wildman–Crippen MR) is 117 cm³/mol. The Bertz CT molecular complexity index is 1210. The van der Waals surface area contributed by atoms with E-state index in [2.05, 4.69) is 26.2 Å². The monoisotopic (exact) mass is 453 g/mol. The molecule has 0 unspecified atom stereocenters. The molecule has 4 rings (SSSR count). The van der Waals surface area contributed by atoms with Crippen LogP contribution in [0.25, 0.3) is 20.7 Å². The molecule has 2 heterocycles. The van der Waals surface area contributed by atoms with E-state index in [1.807, 2.05) is 49.4 Å². The van der Waals surface area contributed by atoms with Crippen LogP contribution in [0, 0.1) is 6.92 Å². The number of anilines is 1. The second-order valence-electron chi connectivity index (χ2n) is 6.34. The van der Waals surface area contributed by atoms with Gasteiger partial charge in [-0.05, 0) is 42.3 Å². The van der Waals surface area contributed by atoms with Crippen LogP contribution in [0.2, 0.25) is 0 Å². The summed E-state index contributed by atoms with van der Waals surface area (Å²) in [5.74, 6) is -0.276. The second kappa shape index (κ2) is 7.69. The Morgan fingerprint density at radius 3 is 2.57 bits per heavy atom. The molecule has 7 heteroatoms. The van der Waals surface area contributed by atoms with Gasteiger partial charge in [0.25, 0.3) is 5.56 Å². The highest BCUT2D eigenvalue weighted by atomic mass is 79.9. The lowest BCUT2D eigenvalue weighted by Crippen LogP contribution is -2.27. The molecule has 140 valence electrons. The number of carbonyl (C=O) groups is 1. The third kappa shape index (κ3) is 3.63. The third-order valence-electron chi connectivity index (χ3n) is 4.40. The molecule has 28 heavy (non-hydrogen) atoms. The number of benzene rings is 2. The molecule has 0 spiro atoms. The minimum Gasteiger partial charge on any atom is -0.325 e. The number of fused-ring (bicyclic) bond motifs is 1. The summed E-state index contributed by atoms with van der Waals surface area (Å²) in [6, 6.07) is 17.2. The average Bonchev–Trinajstić information content (AvgIpc) is 3.04. The zero-order valence-electron chi connectivity index (χ0n) is 15.0. The summed E-state index contributed by atoms with van der Waals surface area (Å²) in [6.07, 6.45) is 1.44. The normalized spacial score (nSPS) is 10.9. The van der Waals surface area contributed by atoms with Gasteiger partial charge in [-0.3, -0.25) is 14.2 Å². The fraction of sp³-hybridized carbons (Fsp3) is 0.0952. The molecule has 0 saturated carbocycles. The molecular weight excluding hydrogens is 438 g/mol. The molecular formula is C21H16BrN3O2S. The highest BCUT2D eigenvalue weighted by molar-refractivity contribution is 9.10. The maximum atomic E-state index is 13.0. The van der Waals surface area contributed by atoms with Gasteiger partial charge < -0.3 is 5.32 Å². The number of hydrogen-bond acceptors (Lipinski definition) is 4. The molecule has 0 radical (unpaired) electrons. The lowest BCUT2D eigenvalue weighted by Gasteiger charge is -2.07. The van der Waals surface area contributed by atoms with Crippen molar-refractivity contribution in [3.05, 3.63) is 81.3 Å². The van der Waals surface area contributed by atoms with Gasteiger partial charge in [0.05, 0.1) is 11.7 Å². The molecule has 2 aromatic carbocycles. The number of halogens is 1. The van der Waals surface area contributed by atoms with E-state index in [1.54, 1.807) is 12.1 Å². The van der Waals surface area contributed by atoms with Crippen molar-refractivity contribution < 1.29 is 4.79 Å². The van der Waals surface area contributed by atoms with Gasteiger partial charge in [0, 0.05) is 15.0 Å². The van der Waals surface area contributed by atoms with E-state index < -0.39 is 0 Å². The Morgan fingerprint density at radius 1 is 1.14 bits per heavy atom. The number of nitrogens with zero attached hydrogens (tertiary/aromatic N) is 2. The van der Waals surface area contributed by atoms with Crippen molar-refractivity contribution in [2.75, 3.05) is 5.32 Å². The Balaban J connectivity index is 1.64. The summed E-state index contributed by atoms with van der Waals surface area (Å²) in [5.41, 5.74) is 2.42. The number of thiophene rings is 1. The predicted octanol–water partition coefficient (Wildman–Crippen LogP) is 4.83. The van der Waals surface area contributed by atoms with E-state index in [0.29, 0.717) is 15.9 Å². The first-order valence-electron chi connectivity index (χ1n) is 8.62. The van der Waals surface area contributed by atoms with E-state index in [4.69, 9.17) is 0 Å². The maximum Gasteiger partial charge on any atom is 0.262 e. The lowest BCUT2D eigenvalue weighted by molar-refractivity contribution is -0.116. The second-order valence-corrected chi connectivity index (χ2v) is 8.25. The van der Waals surface area contributed by atoms with Crippen LogP contribution in [0.1, 0.15) is 5.56 Å². The molecule has 0 aliphatic heterocycles. The Morgan fingerprint density at radius 2 is 1.86 bits per heavy atom. The Labute approximate surface area is 173 Å². The summed E-state index contributed by atoms with van der Waals surface area (Å²) in [7, 11) is 0. The number of amides is 1. The fourth-order valence-corrected chi connectivity index (χ4v) is 4.43. The number of nitrogens with one attached hydrogen (secondary N) is 1. The van der Waals surface area contributed by atoms with Crippen molar-refractivity contribution in [1.29, 1.82) is 0 Å². The highest BCUT2D eigenvalue weighted by Gasteiger charge is 2.16. The van der Waals surface area contributed by atoms with Crippen molar-refractivity contribution in [3.8, 4) is 10.4 Å². The zero-order valence-corrected chi connectivity index (χ0v) is 17.4. The van der Waals surface area contributed by atoms with E-state index in [-0.39, 0.29) is 18.0 Å². The van der Waals surface area contributed by atoms with Crippen LogP contribution in [0.5, 0.6) is 0 Å². The van der Waals surface area contributed by atoms with E-state index in [9.17, 15) is 9.59 Å². The van der Waals surface area contributed by atoms with Crippen molar-refractivity contribution in [1.82, 2.24) is 9.55 Å². The first kappa shape index (κ1) is 18.6. The molecule has 4 aromatic rings. The lowest BCUT2D eigenvalue weighted by atomic mass is 10.1. The number of rotatable bonds is 4. The number of aryl methyl sites for hydroxylation is 1. The van der Waals surface area contributed by atoms with Crippen molar-refractivity contribution >= 4 is 49.1 Å². The van der Waals surface area contributed by atoms with Gasteiger partial charge in [-0.2, -0.15) is 0 Å². The summed E-state index contributed by atoms with van der Waals surface area (Å²) in [6.45, 7) is 1.84. The van der Waals surface area contributed by atoms with Crippen LogP contribution in [0.3, 0.4) is 0 Å². The van der Waals surface area contributed by atoms with Crippen molar-refractivity contribution in [2.45, 2.75) is 13.5 Å². The zero-order chi connectivity index (χ0) is 19.7. The minimum absolute atomic E-state index is 0.0895. The van der Waals surface area contributed by atoms with Crippen LogP contribution in [0.15, 0.2) is 70.2 Å². The molecule has 0 atom stereocenters. The first-order chi connectivity index (χ1) is 13.5. The molecule has 0 bridgehead atoms. The highest BCUT2D eigenvalue weighted by Crippen LogP contribution is 2.35. The molecule has 0 saturated heterocycles. The van der Waals surface area contributed by atoms with Gasteiger partial charge in [0.2, 0.25) is 5.91 Å². The number of hydrogen-bond donors (Lipinski definition) is 1. The largest absolute Gasteiger partial charge is 0.325 e. The molecule has 5 nitrogen and oxygen atoms in total. The standard InChI is InChI=1S/C21H16BrN3O2S/c1-13-18-20(28-19(13)14-5-3-2-4-6-14)23-12-25(21(18)27)11-17(26)24-16-9-7-15(22)8-10-16/h2-10,12H,11H2,1H3,(H,24,26). The first-order valence-corrected chi connectivity index (χ1v) is 10.2. The number of carbonyl (C=O) groups excluding carboxylic acids is 1. The van der Waals surface area contributed by atoms with E-state index in [1.165, 1.54) is 22.2 Å². The van der Waals surface area contributed by atoms with Gasteiger partial charge in [-0.25, -0.2) is 4.98 Å². The SMILES string of the molecule is Cc1c(-c2ccccc2)sc2ncn(CC(=O)Nc3ccc(Br)cc3)c(=O)c12. The Hall–Kier alpha value is -2.77. The fourth-order valence-electron chi connectivity index (χ4n) is 3.03. The summed E-state index contributed by atoms with van der Waals surface area (Å²) >= 11 is 4.85. The smallest absolute Gasteiger partial charge is 0.262 e. The topological polar surface area (TPSA) is 64.0 Å². The van der Waals surface area contributed by atoms with Gasteiger partial charge in [0.15, 0.2) is 0 Å². The third-order valence-corrected chi connectivity index (χ3v) is 6.17. The van der Waals surface area contributed by atoms with E-state index >= 15 is 0 Å². The van der Waals surface area contributed by atoms with Crippen LogP contribution in [-0.2, 0) is 11.3 Å². The van der Waals surface area contributed by atoms with Gasteiger partial charge in [-0.1, -0.05) is 46.3 Å². The van der Waals surface area contributed by atoms with Gasteiger partial charge in [0.1, 0.15) is 11.4 Å². The summed E-state index contributed by atoms with van der Waals surface area (Å²) in [4.78, 5) is 31.5. The Kier molecular flexibility index (Phi) is 5.11. The quantitative estimate of drug-likeness (QED) is 0.480. The summed E-state index contributed by atoms with van der Waals surface area (Å²) < 4.78 is 2.28. The molecule has 1 amide bonds. The van der Waals surface area contributed by atoms with Crippen LogP contribution in [0.4, 0.5) is 5.69 Å². The molecule has 0 aliphatic carbocycles. The van der Waals surface area contributed by atoms with Crippen LogP contribution in [-0.4, -0.2) is 15.5 Å². The summed E-state index contributed by atoms with van der Waals surface area (Å²) in [5, 5.41) is 3.37. The maximum absolute atomic E-state index is 13.0. The van der Waals surface area contributed by atoms with Crippen molar-refractivity contribution in [3.63, 3.8) is 0 Å². The van der Waals surface area contributed by atoms with E-state index in [0.717, 1.165) is 20.5 Å².